The molecule has 4 N–H and O–H groups in total. The molecule has 5 rings (SSSR count). The Morgan fingerprint density at radius 2 is 1.98 bits per heavy atom. The highest BCUT2D eigenvalue weighted by Gasteiger charge is 2.61. The summed E-state index contributed by atoms with van der Waals surface area (Å²) < 4.78 is 42.2. The summed E-state index contributed by atoms with van der Waals surface area (Å²) in [5.41, 5.74) is 1.20. The van der Waals surface area contributed by atoms with Crippen molar-refractivity contribution in [3.63, 3.8) is 0 Å². The third-order valence-corrected chi connectivity index (χ3v) is 7.55. The van der Waals surface area contributed by atoms with E-state index in [1.54, 1.807) is 28.8 Å². The molecule has 0 aromatic carbocycles. The van der Waals surface area contributed by atoms with Crippen LogP contribution in [0.4, 0.5) is 18.9 Å². The number of nitriles is 1. The average Bonchev–Trinajstić information content (AvgIpc) is 3.35. The van der Waals surface area contributed by atoms with Crippen molar-refractivity contribution in [1.29, 1.82) is 5.26 Å². The maximum Gasteiger partial charge on any atom is 0.260 e. The molecule has 2 aliphatic carbocycles. The summed E-state index contributed by atoms with van der Waals surface area (Å²) in [5, 5.41) is 31.8. The highest BCUT2D eigenvalue weighted by molar-refractivity contribution is 6.00. The van der Waals surface area contributed by atoms with E-state index in [0.717, 1.165) is 0 Å². The molecule has 0 aliphatic heterocycles. The lowest BCUT2D eigenvalue weighted by atomic mass is 9.80. The molecule has 3 heterocycles. The minimum Gasteiger partial charge on any atom is -0.387 e. The van der Waals surface area contributed by atoms with E-state index in [1.807, 2.05) is 6.07 Å². The summed E-state index contributed by atoms with van der Waals surface area (Å²) in [4.78, 5) is 29.4. The number of carbonyl (C=O) groups excluding carboxylic acids is 2. The molecule has 0 unspecified atom stereocenters. The van der Waals surface area contributed by atoms with Crippen LogP contribution < -0.4 is 16.0 Å². The number of aliphatic hydroxyl groups is 1. The van der Waals surface area contributed by atoms with Gasteiger partial charge in [-0.05, 0) is 56.9 Å². The Labute approximate surface area is 233 Å². The molecule has 2 saturated carbocycles. The van der Waals surface area contributed by atoms with Crippen LogP contribution in [0.3, 0.4) is 0 Å². The van der Waals surface area contributed by atoms with Gasteiger partial charge in [-0.2, -0.15) is 10.4 Å². The molecule has 3 aromatic heterocycles. The van der Waals surface area contributed by atoms with Crippen molar-refractivity contribution in [2.24, 2.45) is 11.8 Å². The fourth-order valence-corrected chi connectivity index (χ4v) is 4.78. The Hall–Kier alpha value is -4.18. The summed E-state index contributed by atoms with van der Waals surface area (Å²) >= 11 is 0. The molecule has 2 aliphatic rings. The number of anilines is 1. The van der Waals surface area contributed by atoms with Crippen LogP contribution in [0.25, 0.3) is 16.9 Å². The van der Waals surface area contributed by atoms with Crippen molar-refractivity contribution < 1.29 is 27.9 Å². The lowest BCUT2D eigenvalue weighted by Crippen LogP contribution is -2.43. The Balaban J connectivity index is 1.31. The van der Waals surface area contributed by atoms with Gasteiger partial charge in [0.25, 0.3) is 11.8 Å². The minimum absolute atomic E-state index is 0.0632. The molecule has 2 amide bonds. The Morgan fingerprint density at radius 3 is 2.63 bits per heavy atom. The van der Waals surface area contributed by atoms with Crippen LogP contribution >= 0.6 is 0 Å². The van der Waals surface area contributed by atoms with Gasteiger partial charge in [-0.15, -0.1) is 0 Å². The molecule has 0 bridgehead atoms. The first-order chi connectivity index (χ1) is 19.4. The van der Waals surface area contributed by atoms with Gasteiger partial charge in [0, 0.05) is 25.2 Å². The number of hydrogen-bond acceptors (Lipinski definition) is 7. The topological polar surface area (TPSA) is 144 Å². The third-order valence-electron chi connectivity index (χ3n) is 7.55. The van der Waals surface area contributed by atoms with Gasteiger partial charge in [0.15, 0.2) is 0 Å². The Morgan fingerprint density at radius 1 is 1.24 bits per heavy atom. The fourth-order valence-electron chi connectivity index (χ4n) is 4.78. The number of hydrogen-bond donors (Lipinski definition) is 4. The summed E-state index contributed by atoms with van der Waals surface area (Å²) in [6, 6.07) is 8.93. The molecule has 3 aromatic rings. The van der Waals surface area contributed by atoms with Crippen molar-refractivity contribution >= 4 is 23.0 Å². The van der Waals surface area contributed by atoms with E-state index in [0.29, 0.717) is 47.5 Å². The second kappa shape index (κ2) is 10.7. The fraction of sp³-hybridized carbons (Fsp3) is 0.464. The molecule has 41 heavy (non-hydrogen) atoms. The number of carbonyl (C=O) groups is 2. The Bertz CT molecular complexity index is 1520. The predicted octanol–water partition coefficient (Wildman–Crippen LogP) is 3.07. The smallest absolute Gasteiger partial charge is 0.260 e. The van der Waals surface area contributed by atoms with E-state index in [9.17, 15) is 27.9 Å². The molecule has 0 saturated heterocycles. The average molecular weight is 570 g/mol. The van der Waals surface area contributed by atoms with Crippen LogP contribution in [0, 0.1) is 23.2 Å². The van der Waals surface area contributed by atoms with Gasteiger partial charge in [-0.1, -0.05) is 0 Å². The van der Waals surface area contributed by atoms with Gasteiger partial charge in [-0.25, -0.2) is 17.7 Å². The minimum atomic E-state index is -2.90. The largest absolute Gasteiger partial charge is 0.387 e. The third kappa shape index (κ3) is 6.12. The summed E-state index contributed by atoms with van der Waals surface area (Å²) in [7, 11) is 0. The normalized spacial score (nSPS) is 21.8. The number of alkyl halides is 3. The first-order valence-electron chi connectivity index (χ1n) is 13.3. The highest BCUT2D eigenvalue weighted by Crippen LogP contribution is 2.48. The number of rotatable bonds is 10. The Kier molecular flexibility index (Phi) is 7.37. The van der Waals surface area contributed by atoms with Crippen molar-refractivity contribution in [1.82, 2.24) is 25.2 Å². The first kappa shape index (κ1) is 28.4. The standard InChI is InChI=1S/C28H30F3N7O3/c1-27(2,41)24(29)14-35-25(39)19-13-33-22(23-4-3-18-7-16(10-32)12-36-38(18)23)8-21(19)37-17-5-15(6-17)11-34-26(40)20-9-28(20,30)31/h3-4,7-8,12-13,15,17,20,24,41H,5-6,9,11,14H2,1-2H3,(H,33,37)(H,34,40)(H,35,39)/t15?,17?,20-,24+/m0/s1. The van der Waals surface area contributed by atoms with Gasteiger partial charge in [0.2, 0.25) is 5.91 Å². The van der Waals surface area contributed by atoms with Crippen LogP contribution in [0.1, 0.15) is 49.0 Å². The predicted molar refractivity (Wildman–Crippen MR) is 143 cm³/mol. The van der Waals surface area contributed by atoms with E-state index in [2.05, 4.69) is 26.0 Å². The molecule has 216 valence electrons. The quantitative estimate of drug-likeness (QED) is 0.294. The van der Waals surface area contributed by atoms with Crippen molar-refractivity contribution in [3.05, 3.63) is 47.8 Å². The maximum atomic E-state index is 14.3. The van der Waals surface area contributed by atoms with Gasteiger partial charge < -0.3 is 21.1 Å². The number of pyridine rings is 1. The van der Waals surface area contributed by atoms with Crippen LogP contribution in [-0.4, -0.2) is 68.3 Å². The molecule has 13 heteroatoms. The van der Waals surface area contributed by atoms with Crippen molar-refractivity contribution in [3.8, 4) is 17.5 Å². The molecule has 2 fully saturated rings. The number of nitrogens with zero attached hydrogens (tertiary/aromatic N) is 4. The van der Waals surface area contributed by atoms with Gasteiger partial charge in [-0.3, -0.25) is 14.6 Å². The van der Waals surface area contributed by atoms with Gasteiger partial charge >= 0.3 is 0 Å². The van der Waals surface area contributed by atoms with Crippen molar-refractivity contribution in [2.75, 3.05) is 18.4 Å². The monoisotopic (exact) mass is 569 g/mol. The van der Waals surface area contributed by atoms with Gasteiger partial charge in [0.05, 0.1) is 52.1 Å². The summed E-state index contributed by atoms with van der Waals surface area (Å²) in [5.74, 6) is -5.26. The van der Waals surface area contributed by atoms with Crippen LogP contribution in [0.5, 0.6) is 0 Å². The molecular formula is C28H30F3N7O3. The zero-order chi connectivity index (χ0) is 29.5. The maximum absolute atomic E-state index is 14.3. The second-order valence-electron chi connectivity index (χ2n) is 11.3. The zero-order valence-corrected chi connectivity index (χ0v) is 22.5. The zero-order valence-electron chi connectivity index (χ0n) is 22.5. The van der Waals surface area contributed by atoms with Crippen molar-refractivity contribution in [2.45, 2.75) is 56.8 Å². The number of aromatic nitrogens is 3. The molecule has 0 spiro atoms. The van der Waals surface area contributed by atoms with E-state index in [1.165, 1.54) is 26.2 Å². The first-order valence-corrected chi connectivity index (χ1v) is 13.3. The van der Waals surface area contributed by atoms with E-state index < -0.39 is 48.4 Å². The van der Waals surface area contributed by atoms with E-state index >= 15 is 0 Å². The molecular weight excluding hydrogens is 539 g/mol. The lowest BCUT2D eigenvalue weighted by molar-refractivity contribution is -0.124. The SMILES string of the molecule is CC(C)(O)[C@H](F)CNC(=O)c1cnc(-c2ccc3cc(C#N)cnn23)cc1NC1CC(CNC(=O)[C@@H]2CC2(F)F)C1. The van der Waals surface area contributed by atoms with Crippen LogP contribution in [0.2, 0.25) is 0 Å². The number of halogens is 3. The molecule has 2 atom stereocenters. The highest BCUT2D eigenvalue weighted by atomic mass is 19.3. The van der Waals surface area contributed by atoms with E-state index in [-0.39, 0.29) is 17.5 Å². The number of nitrogens with one attached hydrogen (secondary N) is 3. The lowest BCUT2D eigenvalue weighted by Gasteiger charge is -2.37. The van der Waals surface area contributed by atoms with Gasteiger partial charge in [0.1, 0.15) is 18.2 Å². The molecule has 10 nitrogen and oxygen atoms in total. The van der Waals surface area contributed by atoms with Crippen LogP contribution in [-0.2, 0) is 4.79 Å². The molecule has 0 radical (unpaired) electrons. The second-order valence-corrected chi connectivity index (χ2v) is 11.3. The van der Waals surface area contributed by atoms with E-state index in [4.69, 9.17) is 5.26 Å². The summed E-state index contributed by atoms with van der Waals surface area (Å²) in [6.45, 7) is 2.52. The number of amides is 2. The summed E-state index contributed by atoms with van der Waals surface area (Å²) in [6.07, 6.45) is 1.98. The number of fused-ring (bicyclic) bond motifs is 1. The van der Waals surface area contributed by atoms with Crippen LogP contribution in [0.15, 0.2) is 36.7 Å².